The summed E-state index contributed by atoms with van der Waals surface area (Å²) in [7, 11) is 0. The van der Waals surface area contributed by atoms with Crippen molar-refractivity contribution in [3.8, 4) is 0 Å². The van der Waals surface area contributed by atoms with E-state index in [4.69, 9.17) is 4.42 Å². The van der Waals surface area contributed by atoms with Gasteiger partial charge in [0.15, 0.2) is 5.76 Å². The molecule has 3 rings (SSSR count). The molecule has 3 aromatic rings. The maximum Gasteiger partial charge on any atom is 0.287 e. The van der Waals surface area contributed by atoms with Gasteiger partial charge in [0, 0.05) is 17.5 Å². The number of amides is 1. The molecule has 0 aliphatic carbocycles. The van der Waals surface area contributed by atoms with Gasteiger partial charge < -0.3 is 9.73 Å². The van der Waals surface area contributed by atoms with Crippen LogP contribution in [0.1, 0.15) is 34.5 Å². The minimum absolute atomic E-state index is 0.197. The minimum Gasteiger partial charge on any atom is -0.451 e. The van der Waals surface area contributed by atoms with Crippen molar-refractivity contribution in [1.29, 1.82) is 0 Å². The number of nitrogens with one attached hydrogen (secondary N) is 1. The first kappa shape index (κ1) is 15.3. The van der Waals surface area contributed by atoms with E-state index in [1.165, 1.54) is 12.1 Å². The molecule has 0 spiro atoms. The van der Waals surface area contributed by atoms with Crippen LogP contribution in [-0.2, 0) is 0 Å². The maximum atomic E-state index is 13.3. The molecule has 0 unspecified atom stereocenters. The average Bonchev–Trinajstić information content (AvgIpc) is 2.90. The predicted octanol–water partition coefficient (Wildman–Crippen LogP) is 4.41. The van der Waals surface area contributed by atoms with E-state index < -0.39 is 0 Å². The second-order valence-corrected chi connectivity index (χ2v) is 5.72. The molecule has 1 N–H and O–H groups in total. The van der Waals surface area contributed by atoms with E-state index in [0.29, 0.717) is 23.1 Å². The maximum absolute atomic E-state index is 13.3. The van der Waals surface area contributed by atoms with Crippen molar-refractivity contribution < 1.29 is 13.6 Å². The summed E-state index contributed by atoms with van der Waals surface area (Å²) < 4.78 is 18.9. The highest BCUT2D eigenvalue weighted by Gasteiger charge is 2.18. The van der Waals surface area contributed by atoms with Crippen molar-refractivity contribution in [2.75, 3.05) is 6.54 Å². The summed E-state index contributed by atoms with van der Waals surface area (Å²) in [5, 5.41) is 3.52. The Morgan fingerprint density at radius 3 is 2.70 bits per heavy atom. The molecule has 23 heavy (non-hydrogen) atoms. The number of benzene rings is 2. The molecule has 0 fully saturated rings. The lowest BCUT2D eigenvalue weighted by Gasteiger charge is -2.12. The highest BCUT2D eigenvalue weighted by atomic mass is 19.1. The Labute approximate surface area is 134 Å². The van der Waals surface area contributed by atoms with Crippen molar-refractivity contribution >= 4 is 16.9 Å². The summed E-state index contributed by atoms with van der Waals surface area (Å²) in [6, 6.07) is 14.2. The van der Waals surface area contributed by atoms with Crippen molar-refractivity contribution in [3.05, 3.63) is 71.2 Å². The standard InChI is InChI=1S/C19H18FNO2/c1-12(14-6-4-3-5-7-14)11-21-19(22)18-13(2)16-10-15(20)8-9-17(16)23-18/h3-10,12H,11H2,1-2H3,(H,21,22)/t12-/m0/s1. The molecule has 0 bridgehead atoms. The van der Waals surface area contributed by atoms with E-state index in [1.807, 2.05) is 30.3 Å². The SMILES string of the molecule is Cc1c(C(=O)NC[C@H](C)c2ccccc2)oc2ccc(F)cc12. The molecule has 1 atom stereocenters. The topological polar surface area (TPSA) is 42.2 Å². The van der Waals surface area contributed by atoms with Crippen molar-refractivity contribution in [2.24, 2.45) is 0 Å². The third-order valence-corrected chi connectivity index (χ3v) is 4.04. The van der Waals surface area contributed by atoms with Crippen molar-refractivity contribution in [3.63, 3.8) is 0 Å². The first-order chi connectivity index (χ1) is 11.1. The fourth-order valence-electron chi connectivity index (χ4n) is 2.64. The van der Waals surface area contributed by atoms with Crippen LogP contribution in [0.25, 0.3) is 11.0 Å². The number of carbonyl (C=O) groups is 1. The minimum atomic E-state index is -0.342. The fraction of sp³-hybridized carbons (Fsp3) is 0.211. The predicted molar refractivity (Wildman–Crippen MR) is 88.1 cm³/mol. The Hall–Kier alpha value is -2.62. The Morgan fingerprint density at radius 2 is 1.96 bits per heavy atom. The van der Waals surface area contributed by atoms with Gasteiger partial charge in [-0.2, -0.15) is 0 Å². The van der Waals surface area contributed by atoms with Gasteiger partial charge in [0.25, 0.3) is 5.91 Å². The van der Waals surface area contributed by atoms with E-state index in [9.17, 15) is 9.18 Å². The molecule has 3 nitrogen and oxygen atoms in total. The molecule has 2 aromatic carbocycles. The van der Waals surface area contributed by atoms with E-state index >= 15 is 0 Å². The number of furan rings is 1. The second kappa shape index (κ2) is 6.24. The summed E-state index contributed by atoms with van der Waals surface area (Å²) in [6.45, 7) is 4.32. The molecule has 0 aliphatic rings. The van der Waals surface area contributed by atoms with Crippen LogP contribution in [0.4, 0.5) is 4.39 Å². The fourth-order valence-corrected chi connectivity index (χ4v) is 2.64. The smallest absolute Gasteiger partial charge is 0.287 e. The van der Waals surface area contributed by atoms with Gasteiger partial charge in [0.05, 0.1) is 0 Å². The number of halogens is 1. The number of hydrogen-bond acceptors (Lipinski definition) is 2. The molecule has 0 aliphatic heterocycles. The van der Waals surface area contributed by atoms with Crippen LogP contribution in [0.15, 0.2) is 52.9 Å². The van der Waals surface area contributed by atoms with E-state index in [2.05, 4.69) is 12.2 Å². The van der Waals surface area contributed by atoms with Crippen LogP contribution >= 0.6 is 0 Å². The number of rotatable bonds is 4. The monoisotopic (exact) mass is 311 g/mol. The first-order valence-electron chi connectivity index (χ1n) is 7.58. The number of carbonyl (C=O) groups excluding carboxylic acids is 1. The van der Waals surface area contributed by atoms with Gasteiger partial charge in [-0.15, -0.1) is 0 Å². The van der Waals surface area contributed by atoms with Gasteiger partial charge in [0.1, 0.15) is 11.4 Å². The largest absolute Gasteiger partial charge is 0.451 e. The van der Waals surface area contributed by atoms with Crippen LogP contribution in [0.5, 0.6) is 0 Å². The molecule has 1 amide bonds. The van der Waals surface area contributed by atoms with Gasteiger partial charge in [-0.25, -0.2) is 4.39 Å². The van der Waals surface area contributed by atoms with Crippen LogP contribution < -0.4 is 5.32 Å². The zero-order valence-electron chi connectivity index (χ0n) is 13.1. The Bertz CT molecular complexity index is 839. The molecule has 4 heteroatoms. The number of fused-ring (bicyclic) bond motifs is 1. The van der Waals surface area contributed by atoms with Gasteiger partial charge in [-0.1, -0.05) is 37.3 Å². The van der Waals surface area contributed by atoms with E-state index in [0.717, 1.165) is 5.56 Å². The summed E-state index contributed by atoms with van der Waals surface area (Å²) in [5.41, 5.74) is 2.34. The van der Waals surface area contributed by atoms with Crippen molar-refractivity contribution in [2.45, 2.75) is 19.8 Å². The highest BCUT2D eigenvalue weighted by molar-refractivity contribution is 5.98. The van der Waals surface area contributed by atoms with Crippen LogP contribution in [-0.4, -0.2) is 12.5 Å². The zero-order chi connectivity index (χ0) is 16.4. The molecular formula is C19H18FNO2. The van der Waals surface area contributed by atoms with Crippen LogP contribution in [0.2, 0.25) is 0 Å². The lowest BCUT2D eigenvalue weighted by Crippen LogP contribution is -2.27. The van der Waals surface area contributed by atoms with Gasteiger partial charge in [-0.3, -0.25) is 4.79 Å². The molecule has 0 saturated carbocycles. The summed E-state index contributed by atoms with van der Waals surface area (Å²) >= 11 is 0. The summed E-state index contributed by atoms with van der Waals surface area (Å²) in [5.74, 6) is -0.180. The Morgan fingerprint density at radius 1 is 1.22 bits per heavy atom. The quantitative estimate of drug-likeness (QED) is 0.775. The summed E-state index contributed by atoms with van der Waals surface area (Å²) in [6.07, 6.45) is 0. The van der Waals surface area contributed by atoms with Crippen LogP contribution in [0, 0.1) is 12.7 Å². The molecule has 0 radical (unpaired) electrons. The Kier molecular flexibility index (Phi) is 4.15. The molecule has 1 heterocycles. The number of hydrogen-bond donors (Lipinski definition) is 1. The lowest BCUT2D eigenvalue weighted by molar-refractivity contribution is 0.0925. The molecule has 1 aromatic heterocycles. The van der Waals surface area contributed by atoms with E-state index in [1.54, 1.807) is 13.0 Å². The lowest BCUT2D eigenvalue weighted by atomic mass is 10.0. The third kappa shape index (κ3) is 3.11. The van der Waals surface area contributed by atoms with Gasteiger partial charge in [-0.05, 0) is 36.6 Å². The molecular weight excluding hydrogens is 293 g/mol. The van der Waals surface area contributed by atoms with Crippen molar-refractivity contribution in [1.82, 2.24) is 5.32 Å². The van der Waals surface area contributed by atoms with Gasteiger partial charge >= 0.3 is 0 Å². The average molecular weight is 311 g/mol. The number of aryl methyl sites for hydroxylation is 1. The summed E-state index contributed by atoms with van der Waals surface area (Å²) in [4.78, 5) is 12.4. The highest BCUT2D eigenvalue weighted by Crippen LogP contribution is 2.26. The normalized spacial score (nSPS) is 12.3. The van der Waals surface area contributed by atoms with Gasteiger partial charge in [0.2, 0.25) is 0 Å². The third-order valence-electron chi connectivity index (χ3n) is 4.04. The molecule has 118 valence electrons. The van der Waals surface area contributed by atoms with E-state index in [-0.39, 0.29) is 23.4 Å². The first-order valence-corrected chi connectivity index (χ1v) is 7.58. The van der Waals surface area contributed by atoms with Crippen LogP contribution in [0.3, 0.4) is 0 Å². The Balaban J connectivity index is 1.75. The molecule has 0 saturated heterocycles. The zero-order valence-corrected chi connectivity index (χ0v) is 13.1. The second-order valence-electron chi connectivity index (χ2n) is 5.72.